The Labute approximate surface area is 173 Å². The molecule has 0 radical (unpaired) electrons. The van der Waals surface area contributed by atoms with Crippen molar-refractivity contribution >= 4 is 5.91 Å². The van der Waals surface area contributed by atoms with Gasteiger partial charge in [0.15, 0.2) is 0 Å². The average Bonchev–Trinajstić information content (AvgIpc) is 2.73. The number of hydrogen-bond acceptors (Lipinski definition) is 4. The summed E-state index contributed by atoms with van der Waals surface area (Å²) in [6.07, 6.45) is 4.23. The predicted molar refractivity (Wildman–Crippen MR) is 118 cm³/mol. The van der Waals surface area contributed by atoms with Gasteiger partial charge in [0.25, 0.3) is 5.91 Å². The van der Waals surface area contributed by atoms with Crippen LogP contribution in [0.4, 0.5) is 0 Å². The molecular weight excluding hydrogens is 360 g/mol. The second-order valence-corrected chi connectivity index (χ2v) is 7.72. The lowest BCUT2D eigenvalue weighted by molar-refractivity contribution is 0.0966. The Morgan fingerprint density at radius 1 is 1.24 bits per heavy atom. The number of nitrogens with zero attached hydrogens (tertiary/aromatic N) is 1. The minimum absolute atomic E-state index is 0.160. The zero-order valence-electron chi connectivity index (χ0n) is 17.2. The molecule has 2 aromatic carbocycles. The van der Waals surface area contributed by atoms with Gasteiger partial charge in [-0.3, -0.25) is 4.79 Å². The minimum atomic E-state index is -0.160. The van der Waals surface area contributed by atoms with Gasteiger partial charge in [-0.15, -0.1) is 0 Å². The van der Waals surface area contributed by atoms with E-state index in [-0.39, 0.29) is 5.91 Å². The van der Waals surface area contributed by atoms with Crippen molar-refractivity contribution in [2.75, 3.05) is 6.54 Å². The van der Waals surface area contributed by atoms with Crippen LogP contribution in [0.3, 0.4) is 0 Å². The molecule has 1 aliphatic heterocycles. The molecule has 152 valence electrons. The monoisotopic (exact) mass is 390 g/mol. The Bertz CT molecular complexity index is 900. The first-order valence-electron chi connectivity index (χ1n) is 10.0. The smallest absolute Gasteiger partial charge is 0.255 e. The van der Waals surface area contributed by atoms with Crippen LogP contribution in [0.15, 0.2) is 67.0 Å². The summed E-state index contributed by atoms with van der Waals surface area (Å²) >= 11 is 0. The van der Waals surface area contributed by atoms with E-state index in [0.29, 0.717) is 23.7 Å². The zero-order chi connectivity index (χ0) is 20.8. The van der Waals surface area contributed by atoms with Gasteiger partial charge in [-0.1, -0.05) is 50.8 Å². The molecule has 2 aromatic rings. The maximum atomic E-state index is 12.7. The van der Waals surface area contributed by atoms with Gasteiger partial charge in [0, 0.05) is 18.3 Å². The Hall–Kier alpha value is -2.89. The Morgan fingerprint density at radius 2 is 2.00 bits per heavy atom. The van der Waals surface area contributed by atoms with Gasteiger partial charge in [-0.05, 0) is 59.3 Å². The van der Waals surface area contributed by atoms with Gasteiger partial charge in [0.2, 0.25) is 0 Å². The number of nitrogens with two attached hydrogens (primary N) is 1. The summed E-state index contributed by atoms with van der Waals surface area (Å²) in [6.45, 7) is 10.5. The van der Waals surface area contributed by atoms with Crippen LogP contribution in [0, 0.1) is 0 Å². The molecule has 0 atom stereocenters. The Morgan fingerprint density at radius 3 is 2.69 bits per heavy atom. The summed E-state index contributed by atoms with van der Waals surface area (Å²) in [4.78, 5) is 12.7. The zero-order valence-corrected chi connectivity index (χ0v) is 17.2. The third-order valence-corrected chi connectivity index (χ3v) is 5.15. The van der Waals surface area contributed by atoms with E-state index in [1.165, 1.54) is 16.7 Å². The number of hydrogen-bond donors (Lipinski definition) is 3. The number of benzene rings is 2. The molecule has 0 saturated heterocycles. The van der Waals surface area contributed by atoms with Crippen molar-refractivity contribution in [3.05, 3.63) is 94.8 Å². The van der Waals surface area contributed by atoms with Crippen LogP contribution in [0.5, 0.6) is 0 Å². The molecule has 1 amide bonds. The second-order valence-electron chi connectivity index (χ2n) is 7.72. The largest absolute Gasteiger partial charge is 0.321 e. The third-order valence-electron chi connectivity index (χ3n) is 5.15. The van der Waals surface area contributed by atoms with Crippen LogP contribution in [0.1, 0.15) is 52.4 Å². The minimum Gasteiger partial charge on any atom is -0.321 e. The van der Waals surface area contributed by atoms with Crippen molar-refractivity contribution in [1.82, 2.24) is 15.6 Å². The Balaban J connectivity index is 1.64. The number of amides is 1. The number of nitrogens with one attached hydrogen (secondary N) is 2. The summed E-state index contributed by atoms with van der Waals surface area (Å²) in [7, 11) is 0. The number of rotatable bonds is 7. The SMILES string of the molecule is C=C/C(=C\N(N)Cc1ccc(C(C)C)cc1)NC(=O)c1ccc2c(c1)CCNC2. The summed E-state index contributed by atoms with van der Waals surface area (Å²) < 4.78 is 0. The van der Waals surface area contributed by atoms with Crippen LogP contribution in [0.2, 0.25) is 0 Å². The first-order chi connectivity index (χ1) is 14.0. The molecule has 1 aliphatic rings. The molecule has 0 aliphatic carbocycles. The highest BCUT2D eigenvalue weighted by atomic mass is 16.1. The molecule has 0 aromatic heterocycles. The van der Waals surface area contributed by atoms with Crippen molar-refractivity contribution < 1.29 is 4.79 Å². The van der Waals surface area contributed by atoms with E-state index in [1.54, 1.807) is 17.3 Å². The summed E-state index contributed by atoms with van der Waals surface area (Å²) in [6, 6.07) is 14.3. The van der Waals surface area contributed by atoms with Crippen LogP contribution < -0.4 is 16.5 Å². The second kappa shape index (κ2) is 9.54. The standard InChI is InChI=1S/C24H30N4O/c1-4-23(16-28(25)15-18-5-7-19(8-6-18)17(2)3)27-24(29)21-9-10-22-14-26-12-11-20(22)13-21/h4-10,13,16-17,26H,1,11-12,14-15,25H2,2-3H3,(H,27,29)/b23-16+. The predicted octanol–water partition coefficient (Wildman–Crippen LogP) is 3.59. The van der Waals surface area contributed by atoms with Crippen molar-refractivity contribution in [3.8, 4) is 0 Å². The van der Waals surface area contributed by atoms with Crippen molar-refractivity contribution in [1.29, 1.82) is 0 Å². The molecule has 5 heteroatoms. The van der Waals surface area contributed by atoms with E-state index in [0.717, 1.165) is 25.1 Å². The highest BCUT2D eigenvalue weighted by Gasteiger charge is 2.13. The number of allylic oxidation sites excluding steroid dienone is 1. The van der Waals surface area contributed by atoms with Crippen molar-refractivity contribution in [2.24, 2.45) is 5.84 Å². The number of hydrazine groups is 1. The Kier molecular flexibility index (Phi) is 6.86. The molecule has 0 fully saturated rings. The molecule has 5 nitrogen and oxygen atoms in total. The van der Waals surface area contributed by atoms with Gasteiger partial charge in [-0.25, -0.2) is 5.84 Å². The first kappa shape index (κ1) is 20.8. The van der Waals surface area contributed by atoms with E-state index in [4.69, 9.17) is 5.84 Å². The highest BCUT2D eigenvalue weighted by Crippen LogP contribution is 2.17. The quantitative estimate of drug-likeness (QED) is 0.384. The maximum absolute atomic E-state index is 12.7. The normalized spacial score (nSPS) is 13.7. The van der Waals surface area contributed by atoms with E-state index in [2.05, 4.69) is 55.3 Å². The molecule has 0 spiro atoms. The third kappa shape index (κ3) is 5.56. The van der Waals surface area contributed by atoms with E-state index < -0.39 is 0 Å². The molecular formula is C24H30N4O. The van der Waals surface area contributed by atoms with Gasteiger partial charge in [0.1, 0.15) is 0 Å². The molecule has 0 bridgehead atoms. The molecule has 0 saturated carbocycles. The van der Waals surface area contributed by atoms with Crippen LogP contribution in [-0.2, 0) is 19.5 Å². The lowest BCUT2D eigenvalue weighted by atomic mass is 9.98. The van der Waals surface area contributed by atoms with E-state index >= 15 is 0 Å². The number of carbonyl (C=O) groups excluding carboxylic acids is 1. The summed E-state index contributed by atoms with van der Waals surface area (Å²) in [5, 5.41) is 7.79. The van der Waals surface area contributed by atoms with Crippen molar-refractivity contribution in [2.45, 2.75) is 39.3 Å². The lowest BCUT2D eigenvalue weighted by Crippen LogP contribution is -2.29. The molecule has 1 heterocycles. The number of fused-ring (bicyclic) bond motifs is 1. The highest BCUT2D eigenvalue weighted by molar-refractivity contribution is 5.95. The lowest BCUT2D eigenvalue weighted by Gasteiger charge is -2.18. The molecule has 3 rings (SSSR count). The van der Waals surface area contributed by atoms with Gasteiger partial charge in [-0.2, -0.15) is 0 Å². The van der Waals surface area contributed by atoms with Crippen LogP contribution in [-0.4, -0.2) is 17.5 Å². The fourth-order valence-corrected chi connectivity index (χ4v) is 3.40. The summed E-state index contributed by atoms with van der Waals surface area (Å²) in [5.41, 5.74) is 6.09. The fourth-order valence-electron chi connectivity index (χ4n) is 3.40. The van der Waals surface area contributed by atoms with Crippen LogP contribution >= 0.6 is 0 Å². The van der Waals surface area contributed by atoms with E-state index in [9.17, 15) is 4.79 Å². The van der Waals surface area contributed by atoms with Gasteiger partial charge >= 0.3 is 0 Å². The molecule has 4 N–H and O–H groups in total. The first-order valence-corrected chi connectivity index (χ1v) is 10.0. The van der Waals surface area contributed by atoms with E-state index in [1.807, 2.05) is 18.2 Å². The molecule has 0 unspecified atom stereocenters. The van der Waals surface area contributed by atoms with Gasteiger partial charge in [0.05, 0.1) is 12.2 Å². The van der Waals surface area contributed by atoms with Gasteiger partial charge < -0.3 is 15.6 Å². The topological polar surface area (TPSA) is 70.4 Å². The average molecular weight is 391 g/mol. The van der Waals surface area contributed by atoms with Crippen LogP contribution in [0.25, 0.3) is 0 Å². The maximum Gasteiger partial charge on any atom is 0.255 e. The number of carbonyl (C=O) groups is 1. The van der Waals surface area contributed by atoms with Crippen molar-refractivity contribution in [3.63, 3.8) is 0 Å². The fraction of sp³-hybridized carbons (Fsp3) is 0.292. The summed E-state index contributed by atoms with van der Waals surface area (Å²) in [5.74, 6) is 6.48. The molecule has 29 heavy (non-hydrogen) atoms.